The molecule has 5 rings (SSSR count). The van der Waals surface area contributed by atoms with Crippen molar-refractivity contribution in [1.29, 1.82) is 0 Å². The highest BCUT2D eigenvalue weighted by Gasteiger charge is 2.24. The van der Waals surface area contributed by atoms with Crippen LogP contribution in [0.5, 0.6) is 11.5 Å². The molecule has 7 nitrogen and oxygen atoms in total. The van der Waals surface area contributed by atoms with Gasteiger partial charge < -0.3 is 25.0 Å². The van der Waals surface area contributed by atoms with Crippen molar-refractivity contribution in [3.63, 3.8) is 0 Å². The number of phenolic OH excluding ortho intramolecular Hbond substituents is 1. The third-order valence-electron chi connectivity index (χ3n) is 5.95. The number of likely N-dealkylation sites (tertiary alicyclic amines) is 1. The number of benzene rings is 2. The first-order valence-electron chi connectivity index (χ1n) is 11.5. The van der Waals surface area contributed by atoms with Gasteiger partial charge in [-0.25, -0.2) is 4.98 Å². The molecule has 1 amide bonds. The number of nitrogens with zero attached hydrogens (tertiary/aromatic N) is 2. The monoisotopic (exact) mass is 492 g/mol. The van der Waals surface area contributed by atoms with Crippen LogP contribution in [0.4, 0.5) is 0 Å². The molecule has 0 saturated carbocycles. The fourth-order valence-corrected chi connectivity index (χ4v) is 4.49. The van der Waals surface area contributed by atoms with E-state index in [0.29, 0.717) is 13.1 Å². The zero-order chi connectivity index (χ0) is 24.9. The van der Waals surface area contributed by atoms with Crippen LogP contribution in [0.2, 0.25) is 5.02 Å². The number of para-hydroxylation sites is 1. The molecule has 0 unspecified atom stereocenters. The molecule has 4 aromatic rings. The Morgan fingerprint density at radius 1 is 1.11 bits per heavy atom. The summed E-state index contributed by atoms with van der Waals surface area (Å²) in [5, 5.41) is 14.3. The number of H-pyrrole nitrogens is 1. The van der Waals surface area contributed by atoms with Crippen molar-refractivity contribution in [3.8, 4) is 33.8 Å². The smallest absolute Gasteiger partial charge is 0.257 e. The molecule has 182 valence electrons. The number of aromatic nitrogens is 2. The summed E-state index contributed by atoms with van der Waals surface area (Å²) in [6, 6.07) is 13.2. The molecule has 0 atom stereocenters. The number of amides is 1. The lowest BCUT2D eigenvalue weighted by atomic mass is 10.00. The molecule has 3 N–H and O–H groups in total. The van der Waals surface area contributed by atoms with Gasteiger partial charge in [-0.05, 0) is 56.8 Å². The second-order valence-corrected chi connectivity index (χ2v) is 8.78. The van der Waals surface area contributed by atoms with E-state index in [4.69, 9.17) is 16.3 Å². The van der Waals surface area contributed by atoms with Gasteiger partial charge in [0.05, 0.1) is 17.7 Å². The standard InChI is InChI=1S/C25H22ClN3O3.C2H7N/c1-32-22-7-3-2-6-17(22)20-14-28-24-18(20)11-16(13-27-24)15-10-19(23(30)21(26)12-15)25(31)29-8-4-5-9-29;1-3-2/h2-3,6-7,10-14,30H,4-5,8-9H2,1H3,(H,27,28);3H,1-2H3. The lowest BCUT2D eigenvalue weighted by Crippen LogP contribution is -2.27. The van der Waals surface area contributed by atoms with Gasteiger partial charge in [-0.1, -0.05) is 29.8 Å². The second kappa shape index (κ2) is 10.8. The van der Waals surface area contributed by atoms with Crippen LogP contribution < -0.4 is 10.1 Å². The summed E-state index contributed by atoms with van der Waals surface area (Å²) in [6.07, 6.45) is 5.59. The number of aromatic hydroxyl groups is 1. The number of halogens is 1. The van der Waals surface area contributed by atoms with Gasteiger partial charge in [0.25, 0.3) is 5.91 Å². The predicted molar refractivity (Wildman–Crippen MR) is 140 cm³/mol. The van der Waals surface area contributed by atoms with Gasteiger partial charge in [0.1, 0.15) is 17.1 Å². The number of carbonyl (C=O) groups excluding carboxylic acids is 1. The van der Waals surface area contributed by atoms with Gasteiger partial charge in [0.15, 0.2) is 0 Å². The average molecular weight is 493 g/mol. The number of hydrogen-bond donors (Lipinski definition) is 3. The number of phenols is 1. The Bertz CT molecular complexity index is 1350. The third-order valence-corrected chi connectivity index (χ3v) is 6.24. The van der Waals surface area contributed by atoms with E-state index in [0.717, 1.165) is 51.9 Å². The largest absolute Gasteiger partial charge is 0.506 e. The minimum absolute atomic E-state index is 0.143. The van der Waals surface area contributed by atoms with Crippen molar-refractivity contribution >= 4 is 28.5 Å². The second-order valence-electron chi connectivity index (χ2n) is 8.38. The molecule has 1 saturated heterocycles. The summed E-state index contributed by atoms with van der Waals surface area (Å²) < 4.78 is 5.53. The number of ether oxygens (including phenoxy) is 1. The molecular formula is C27H29ClN4O3. The molecule has 1 aliphatic heterocycles. The Morgan fingerprint density at radius 3 is 2.54 bits per heavy atom. The summed E-state index contributed by atoms with van der Waals surface area (Å²) in [6.45, 7) is 1.39. The van der Waals surface area contributed by atoms with Gasteiger partial charge in [0.2, 0.25) is 0 Å². The highest BCUT2D eigenvalue weighted by atomic mass is 35.5. The minimum atomic E-state index is -0.200. The molecule has 1 fully saturated rings. The number of nitrogens with one attached hydrogen (secondary N) is 2. The van der Waals surface area contributed by atoms with E-state index in [9.17, 15) is 9.90 Å². The predicted octanol–water partition coefficient (Wildman–Crippen LogP) is 5.34. The number of rotatable bonds is 4. The fraction of sp³-hybridized carbons (Fsp3) is 0.259. The number of fused-ring (bicyclic) bond motifs is 1. The van der Waals surface area contributed by atoms with Gasteiger partial charge in [0, 0.05) is 47.6 Å². The van der Waals surface area contributed by atoms with Crippen LogP contribution in [0.15, 0.2) is 54.9 Å². The summed E-state index contributed by atoms with van der Waals surface area (Å²) >= 11 is 6.32. The van der Waals surface area contributed by atoms with Crippen molar-refractivity contribution in [1.82, 2.24) is 20.2 Å². The molecule has 2 aromatic carbocycles. The Balaban J connectivity index is 0.000000917. The average Bonchev–Trinajstić information content (AvgIpc) is 3.56. The van der Waals surface area contributed by atoms with Crippen molar-refractivity contribution < 1.29 is 14.6 Å². The third kappa shape index (κ3) is 4.97. The minimum Gasteiger partial charge on any atom is -0.506 e. The first-order chi connectivity index (χ1) is 17.0. The number of carbonyl (C=O) groups is 1. The Labute approximate surface area is 209 Å². The van der Waals surface area contributed by atoms with Gasteiger partial charge in [-0.15, -0.1) is 0 Å². The van der Waals surface area contributed by atoms with Crippen LogP contribution >= 0.6 is 11.6 Å². The van der Waals surface area contributed by atoms with Crippen LogP contribution in [0.1, 0.15) is 23.2 Å². The van der Waals surface area contributed by atoms with E-state index in [1.165, 1.54) is 0 Å². The number of aromatic amines is 1. The highest BCUT2D eigenvalue weighted by Crippen LogP contribution is 2.38. The SMILES string of the molecule is CNC.COc1ccccc1-c1c[nH]c2ncc(-c3cc(Cl)c(O)c(C(=O)N4CCCC4)c3)cc12. The number of methoxy groups -OCH3 is 1. The normalized spacial score (nSPS) is 13.0. The summed E-state index contributed by atoms with van der Waals surface area (Å²) in [7, 11) is 5.40. The van der Waals surface area contributed by atoms with Crippen LogP contribution in [0.3, 0.4) is 0 Å². The molecule has 0 bridgehead atoms. The quantitative estimate of drug-likeness (QED) is 0.358. The molecule has 0 radical (unpaired) electrons. The maximum atomic E-state index is 13.0. The first-order valence-corrected chi connectivity index (χ1v) is 11.9. The van der Waals surface area contributed by atoms with Gasteiger partial charge in [-0.2, -0.15) is 0 Å². The lowest BCUT2D eigenvalue weighted by molar-refractivity contribution is 0.0790. The van der Waals surface area contributed by atoms with Gasteiger partial charge >= 0.3 is 0 Å². The highest BCUT2D eigenvalue weighted by molar-refractivity contribution is 6.33. The van der Waals surface area contributed by atoms with E-state index >= 15 is 0 Å². The zero-order valence-electron chi connectivity index (χ0n) is 20.1. The van der Waals surface area contributed by atoms with E-state index in [2.05, 4.69) is 15.3 Å². The lowest BCUT2D eigenvalue weighted by Gasteiger charge is -2.17. The van der Waals surface area contributed by atoms with Gasteiger partial charge in [-0.3, -0.25) is 4.79 Å². The fourth-order valence-electron chi connectivity index (χ4n) is 4.27. The van der Waals surface area contributed by atoms with E-state index in [1.807, 2.05) is 50.6 Å². The van der Waals surface area contributed by atoms with Crippen LogP contribution in [0, 0.1) is 0 Å². The molecular weight excluding hydrogens is 464 g/mol. The molecule has 0 aliphatic carbocycles. The molecule has 3 heterocycles. The maximum absolute atomic E-state index is 13.0. The molecule has 0 spiro atoms. The zero-order valence-corrected chi connectivity index (χ0v) is 20.8. The summed E-state index contributed by atoms with van der Waals surface area (Å²) in [5.74, 6) is 0.386. The van der Waals surface area contributed by atoms with Crippen molar-refractivity contribution in [3.05, 3.63) is 65.4 Å². The molecule has 35 heavy (non-hydrogen) atoms. The number of pyridine rings is 1. The molecule has 8 heteroatoms. The summed E-state index contributed by atoms with van der Waals surface area (Å²) in [5.41, 5.74) is 4.39. The Kier molecular flexibility index (Phi) is 7.58. The summed E-state index contributed by atoms with van der Waals surface area (Å²) in [4.78, 5) is 22.5. The Hall–Kier alpha value is -3.55. The number of hydrogen-bond acceptors (Lipinski definition) is 5. The topological polar surface area (TPSA) is 90.5 Å². The van der Waals surface area contributed by atoms with Crippen LogP contribution in [-0.4, -0.2) is 60.2 Å². The van der Waals surface area contributed by atoms with Crippen molar-refractivity contribution in [2.75, 3.05) is 34.3 Å². The Morgan fingerprint density at radius 2 is 1.83 bits per heavy atom. The maximum Gasteiger partial charge on any atom is 0.257 e. The van der Waals surface area contributed by atoms with Crippen LogP contribution in [0.25, 0.3) is 33.3 Å². The molecule has 2 aromatic heterocycles. The first kappa shape index (κ1) is 24.6. The van der Waals surface area contributed by atoms with E-state index in [1.54, 1.807) is 30.3 Å². The van der Waals surface area contributed by atoms with E-state index < -0.39 is 0 Å². The van der Waals surface area contributed by atoms with Crippen LogP contribution in [-0.2, 0) is 0 Å². The van der Waals surface area contributed by atoms with E-state index in [-0.39, 0.29) is 22.2 Å². The van der Waals surface area contributed by atoms with Crippen molar-refractivity contribution in [2.24, 2.45) is 0 Å². The molecule has 1 aliphatic rings. The van der Waals surface area contributed by atoms with Crippen molar-refractivity contribution in [2.45, 2.75) is 12.8 Å².